The minimum atomic E-state index is -0.855. The molecule has 4 heteroatoms. The molecule has 1 saturated carbocycles. The van der Waals surface area contributed by atoms with Crippen molar-refractivity contribution in [2.75, 3.05) is 0 Å². The van der Waals surface area contributed by atoms with Crippen molar-refractivity contribution in [2.24, 2.45) is 5.92 Å². The number of carboxylic acid groups (broad SMARTS) is 1. The Morgan fingerprint density at radius 1 is 1.60 bits per heavy atom. The molecule has 0 saturated heterocycles. The van der Waals surface area contributed by atoms with Gasteiger partial charge in [0.05, 0.1) is 0 Å². The Balaban J connectivity index is 1.95. The second-order valence-corrected chi connectivity index (χ2v) is 5.04. The maximum atomic E-state index is 10.9. The third kappa shape index (κ3) is 2.84. The van der Waals surface area contributed by atoms with E-state index in [1.807, 2.05) is 10.8 Å². The van der Waals surface area contributed by atoms with E-state index in [0.29, 0.717) is 5.69 Å². The molecule has 1 N–H and O–H groups in total. The molecular weight excluding hydrogens is 258 g/mol. The highest BCUT2D eigenvalue weighted by molar-refractivity contribution is 9.10. The molecular formula is C11H14BrNO2. The molecule has 1 fully saturated rings. The summed E-state index contributed by atoms with van der Waals surface area (Å²) in [7, 11) is 0. The molecule has 0 atom stereocenters. The Labute approximate surface area is 97.2 Å². The summed E-state index contributed by atoms with van der Waals surface area (Å²) < 4.78 is 2.65. The van der Waals surface area contributed by atoms with Crippen molar-refractivity contribution in [1.29, 1.82) is 0 Å². The molecule has 0 amide bonds. The van der Waals surface area contributed by atoms with Crippen LogP contribution in [0.1, 0.15) is 36.2 Å². The normalized spacial score (nSPS) is 15.5. The van der Waals surface area contributed by atoms with E-state index < -0.39 is 5.97 Å². The van der Waals surface area contributed by atoms with Gasteiger partial charge in [-0.15, -0.1) is 0 Å². The fraction of sp³-hybridized carbons (Fsp3) is 0.545. The van der Waals surface area contributed by atoms with Gasteiger partial charge in [0.1, 0.15) is 5.69 Å². The summed E-state index contributed by atoms with van der Waals surface area (Å²) in [5.41, 5.74) is 0.373. The van der Waals surface area contributed by atoms with Crippen LogP contribution in [0.5, 0.6) is 0 Å². The lowest BCUT2D eigenvalue weighted by Crippen LogP contribution is -2.07. The Kier molecular flexibility index (Phi) is 3.14. The van der Waals surface area contributed by atoms with Gasteiger partial charge in [0.25, 0.3) is 0 Å². The van der Waals surface area contributed by atoms with Crippen molar-refractivity contribution in [1.82, 2.24) is 4.57 Å². The molecule has 1 aliphatic rings. The molecule has 1 heterocycles. The van der Waals surface area contributed by atoms with Gasteiger partial charge in [-0.1, -0.05) is 12.8 Å². The smallest absolute Gasteiger partial charge is 0.352 e. The Bertz CT molecular complexity index is 369. The molecule has 1 aliphatic carbocycles. The van der Waals surface area contributed by atoms with Gasteiger partial charge >= 0.3 is 5.97 Å². The molecule has 0 aromatic carbocycles. The maximum absolute atomic E-state index is 10.9. The number of aromatic nitrogens is 1. The summed E-state index contributed by atoms with van der Waals surface area (Å²) >= 11 is 3.30. The minimum Gasteiger partial charge on any atom is -0.477 e. The van der Waals surface area contributed by atoms with Crippen LogP contribution in [0, 0.1) is 5.92 Å². The van der Waals surface area contributed by atoms with Gasteiger partial charge in [-0.2, -0.15) is 0 Å². The van der Waals surface area contributed by atoms with Gasteiger partial charge < -0.3 is 9.67 Å². The SMILES string of the molecule is O=C(O)c1cc(Br)cn1CCCC1CC1. The lowest BCUT2D eigenvalue weighted by atomic mass is 10.2. The Hall–Kier alpha value is -0.770. The van der Waals surface area contributed by atoms with Crippen LogP contribution in [-0.2, 0) is 6.54 Å². The zero-order chi connectivity index (χ0) is 10.8. The second-order valence-electron chi connectivity index (χ2n) is 4.13. The topological polar surface area (TPSA) is 42.2 Å². The summed E-state index contributed by atoms with van der Waals surface area (Å²) in [6, 6.07) is 1.65. The van der Waals surface area contributed by atoms with Gasteiger partial charge in [-0.3, -0.25) is 0 Å². The first kappa shape index (κ1) is 10.7. The van der Waals surface area contributed by atoms with Gasteiger partial charge in [0, 0.05) is 17.2 Å². The number of rotatable bonds is 5. The molecule has 3 nitrogen and oxygen atoms in total. The molecule has 1 aromatic rings. The van der Waals surface area contributed by atoms with Crippen molar-refractivity contribution >= 4 is 21.9 Å². The average Bonchev–Trinajstić information content (AvgIpc) is 2.89. The third-order valence-corrected chi connectivity index (χ3v) is 3.22. The number of aryl methyl sites for hydroxylation is 1. The van der Waals surface area contributed by atoms with Crippen LogP contribution in [-0.4, -0.2) is 15.6 Å². The molecule has 0 bridgehead atoms. The van der Waals surface area contributed by atoms with Gasteiger partial charge in [0.2, 0.25) is 0 Å². The average molecular weight is 272 g/mol. The van der Waals surface area contributed by atoms with Crippen LogP contribution in [0.4, 0.5) is 0 Å². The van der Waals surface area contributed by atoms with E-state index in [9.17, 15) is 4.79 Å². The van der Waals surface area contributed by atoms with Crippen LogP contribution in [0.2, 0.25) is 0 Å². The molecule has 0 aliphatic heterocycles. The fourth-order valence-corrected chi connectivity index (χ4v) is 2.26. The first-order valence-corrected chi connectivity index (χ1v) is 6.05. The van der Waals surface area contributed by atoms with Crippen LogP contribution in [0.25, 0.3) is 0 Å². The molecule has 2 rings (SSSR count). The lowest BCUT2D eigenvalue weighted by Gasteiger charge is -2.05. The van der Waals surface area contributed by atoms with Crippen molar-refractivity contribution in [2.45, 2.75) is 32.2 Å². The Morgan fingerprint density at radius 3 is 2.93 bits per heavy atom. The molecule has 82 valence electrons. The summed E-state index contributed by atoms with van der Waals surface area (Å²) in [5.74, 6) is 0.0596. The summed E-state index contributed by atoms with van der Waals surface area (Å²) in [6.45, 7) is 0.809. The largest absolute Gasteiger partial charge is 0.477 e. The van der Waals surface area contributed by atoms with Crippen LogP contribution >= 0.6 is 15.9 Å². The summed E-state index contributed by atoms with van der Waals surface area (Å²) in [6.07, 6.45) is 6.87. The van der Waals surface area contributed by atoms with Crippen LogP contribution in [0.3, 0.4) is 0 Å². The number of hydrogen-bond donors (Lipinski definition) is 1. The number of carboxylic acids is 1. The number of hydrogen-bond acceptors (Lipinski definition) is 1. The quantitative estimate of drug-likeness (QED) is 0.894. The van der Waals surface area contributed by atoms with E-state index in [1.165, 1.54) is 19.3 Å². The summed E-state index contributed by atoms with van der Waals surface area (Å²) in [5, 5.41) is 8.96. The maximum Gasteiger partial charge on any atom is 0.352 e. The number of aromatic carboxylic acids is 1. The molecule has 0 radical (unpaired) electrons. The van der Waals surface area contributed by atoms with Crippen LogP contribution < -0.4 is 0 Å². The predicted molar refractivity (Wildman–Crippen MR) is 61.0 cm³/mol. The first-order valence-electron chi connectivity index (χ1n) is 5.26. The minimum absolute atomic E-state index is 0.373. The predicted octanol–water partition coefficient (Wildman–Crippen LogP) is 3.14. The number of nitrogens with zero attached hydrogens (tertiary/aromatic N) is 1. The van der Waals surface area contributed by atoms with E-state index in [1.54, 1.807) is 6.07 Å². The zero-order valence-electron chi connectivity index (χ0n) is 8.45. The fourth-order valence-electron chi connectivity index (χ4n) is 1.80. The Morgan fingerprint density at radius 2 is 2.33 bits per heavy atom. The highest BCUT2D eigenvalue weighted by Crippen LogP contribution is 2.33. The monoisotopic (exact) mass is 271 g/mol. The van der Waals surface area contributed by atoms with E-state index in [0.717, 1.165) is 23.4 Å². The van der Waals surface area contributed by atoms with Crippen molar-refractivity contribution in [3.05, 3.63) is 22.4 Å². The highest BCUT2D eigenvalue weighted by Gasteiger charge is 2.20. The number of halogens is 1. The van der Waals surface area contributed by atoms with E-state index in [-0.39, 0.29) is 0 Å². The van der Waals surface area contributed by atoms with Crippen molar-refractivity contribution < 1.29 is 9.90 Å². The lowest BCUT2D eigenvalue weighted by molar-refractivity contribution is 0.0685. The first-order chi connectivity index (χ1) is 7.16. The molecule has 0 unspecified atom stereocenters. The van der Waals surface area contributed by atoms with Gasteiger partial charge in [-0.25, -0.2) is 4.79 Å². The van der Waals surface area contributed by atoms with E-state index >= 15 is 0 Å². The third-order valence-electron chi connectivity index (χ3n) is 2.79. The van der Waals surface area contributed by atoms with Gasteiger partial charge in [-0.05, 0) is 40.8 Å². The molecule has 1 aromatic heterocycles. The highest BCUT2D eigenvalue weighted by atomic mass is 79.9. The number of carbonyl (C=O) groups is 1. The van der Waals surface area contributed by atoms with E-state index in [4.69, 9.17) is 5.11 Å². The van der Waals surface area contributed by atoms with Crippen molar-refractivity contribution in [3.63, 3.8) is 0 Å². The molecule has 0 spiro atoms. The van der Waals surface area contributed by atoms with E-state index in [2.05, 4.69) is 15.9 Å². The molecule has 15 heavy (non-hydrogen) atoms. The zero-order valence-corrected chi connectivity index (χ0v) is 10.0. The summed E-state index contributed by atoms with van der Waals surface area (Å²) in [4.78, 5) is 10.9. The van der Waals surface area contributed by atoms with Crippen molar-refractivity contribution in [3.8, 4) is 0 Å². The standard InChI is InChI=1S/C11H14BrNO2/c12-9-6-10(11(14)15)13(7-9)5-1-2-8-3-4-8/h6-8H,1-5H2,(H,14,15). The van der Waals surface area contributed by atoms with Crippen LogP contribution in [0.15, 0.2) is 16.7 Å². The van der Waals surface area contributed by atoms with Gasteiger partial charge in [0.15, 0.2) is 0 Å². The second kappa shape index (κ2) is 4.39.